The van der Waals surface area contributed by atoms with Crippen LogP contribution in [0.3, 0.4) is 0 Å². The summed E-state index contributed by atoms with van der Waals surface area (Å²) in [5.74, 6) is 1.76. The molecule has 21 heavy (non-hydrogen) atoms. The number of pyridine rings is 1. The molecule has 1 aliphatic heterocycles. The minimum atomic E-state index is 0.344. The highest BCUT2D eigenvalue weighted by Crippen LogP contribution is 2.33. The molecule has 0 fully saturated rings. The first-order chi connectivity index (χ1) is 10.2. The zero-order valence-electron chi connectivity index (χ0n) is 10.9. The maximum absolute atomic E-state index is 6.01. The van der Waals surface area contributed by atoms with E-state index >= 15 is 0 Å². The molecule has 0 amide bonds. The molecule has 106 valence electrons. The van der Waals surface area contributed by atoms with E-state index < -0.39 is 0 Å². The van der Waals surface area contributed by atoms with Gasteiger partial charge in [0, 0.05) is 12.3 Å². The van der Waals surface area contributed by atoms with E-state index in [1.165, 1.54) is 0 Å². The molecule has 2 N–H and O–H groups in total. The van der Waals surface area contributed by atoms with E-state index in [9.17, 15) is 0 Å². The third-order valence-corrected chi connectivity index (χ3v) is 3.48. The van der Waals surface area contributed by atoms with Crippen LogP contribution in [0.5, 0.6) is 11.5 Å². The summed E-state index contributed by atoms with van der Waals surface area (Å²) in [5.41, 5.74) is 8.12. The number of benzene rings is 1. The number of hydrogen-bond donors (Lipinski definition) is 1. The zero-order valence-corrected chi connectivity index (χ0v) is 11.7. The van der Waals surface area contributed by atoms with E-state index in [1.54, 1.807) is 16.8 Å². The summed E-state index contributed by atoms with van der Waals surface area (Å²) in [5, 5.41) is 0.523. The second-order valence-corrected chi connectivity index (χ2v) is 5.07. The monoisotopic (exact) mass is 302 g/mol. The van der Waals surface area contributed by atoms with Gasteiger partial charge in [-0.15, -0.1) is 0 Å². The molecule has 0 spiro atoms. The van der Waals surface area contributed by atoms with Gasteiger partial charge in [0.25, 0.3) is 0 Å². The van der Waals surface area contributed by atoms with Crippen LogP contribution in [0.4, 0.5) is 5.95 Å². The lowest BCUT2D eigenvalue weighted by molar-refractivity contribution is 0.171. The summed E-state index contributed by atoms with van der Waals surface area (Å²) in [6.45, 7) is 1.09. The second kappa shape index (κ2) is 4.53. The van der Waals surface area contributed by atoms with E-state index in [0.717, 1.165) is 11.4 Å². The summed E-state index contributed by atoms with van der Waals surface area (Å²) in [6.07, 6.45) is 1.57. The fraction of sp³-hybridized carbons (Fsp3) is 0.143. The molecule has 3 aromatic rings. The Morgan fingerprint density at radius 1 is 1.14 bits per heavy atom. The molecule has 1 aliphatic rings. The standard InChI is InChI=1S/C14H11ClN4O2/c15-8-5-10-13(17-7-8)19(14(16)18-10)9-1-2-11-12(6-9)21-4-3-20-11/h1-2,5-7H,3-4H2,(H2,16,18). The molecule has 0 saturated carbocycles. The Bertz CT molecular complexity index is 846. The summed E-state index contributed by atoms with van der Waals surface area (Å²) >= 11 is 5.93. The molecular weight excluding hydrogens is 292 g/mol. The molecule has 7 heteroatoms. The molecule has 2 aromatic heterocycles. The van der Waals surface area contributed by atoms with Crippen LogP contribution in [-0.2, 0) is 0 Å². The van der Waals surface area contributed by atoms with Gasteiger partial charge in [-0.1, -0.05) is 11.6 Å². The molecule has 1 aromatic carbocycles. The lowest BCUT2D eigenvalue weighted by atomic mass is 10.2. The second-order valence-electron chi connectivity index (χ2n) is 4.63. The Labute approximate surface area is 125 Å². The number of halogens is 1. The van der Waals surface area contributed by atoms with Crippen molar-refractivity contribution in [1.29, 1.82) is 0 Å². The van der Waals surface area contributed by atoms with Gasteiger partial charge >= 0.3 is 0 Å². The predicted molar refractivity (Wildman–Crippen MR) is 79.3 cm³/mol. The SMILES string of the molecule is Nc1nc2cc(Cl)cnc2n1-c1ccc2c(c1)OCCO2. The number of aromatic nitrogens is 3. The van der Waals surface area contributed by atoms with Crippen LogP contribution < -0.4 is 15.2 Å². The Morgan fingerprint density at radius 2 is 1.95 bits per heavy atom. The zero-order chi connectivity index (χ0) is 14.4. The molecule has 0 unspecified atom stereocenters. The van der Waals surface area contributed by atoms with Crippen molar-refractivity contribution in [3.8, 4) is 17.2 Å². The lowest BCUT2D eigenvalue weighted by Gasteiger charge is -2.19. The lowest BCUT2D eigenvalue weighted by Crippen LogP contribution is -2.15. The third-order valence-electron chi connectivity index (χ3n) is 3.27. The number of anilines is 1. The summed E-state index contributed by atoms with van der Waals surface area (Å²) in [4.78, 5) is 8.59. The highest BCUT2D eigenvalue weighted by atomic mass is 35.5. The van der Waals surface area contributed by atoms with Crippen molar-refractivity contribution >= 4 is 28.7 Å². The van der Waals surface area contributed by atoms with Crippen LogP contribution >= 0.6 is 11.6 Å². The molecule has 0 atom stereocenters. The maximum Gasteiger partial charge on any atom is 0.207 e. The van der Waals surface area contributed by atoms with Crippen molar-refractivity contribution in [1.82, 2.24) is 14.5 Å². The largest absolute Gasteiger partial charge is 0.486 e. The number of fused-ring (bicyclic) bond motifs is 2. The Morgan fingerprint density at radius 3 is 2.81 bits per heavy atom. The summed E-state index contributed by atoms with van der Waals surface area (Å²) in [7, 11) is 0. The molecule has 0 bridgehead atoms. The first-order valence-corrected chi connectivity index (χ1v) is 6.80. The molecule has 0 aliphatic carbocycles. The maximum atomic E-state index is 6.01. The van der Waals surface area contributed by atoms with Crippen LogP contribution in [0, 0.1) is 0 Å². The van der Waals surface area contributed by atoms with Gasteiger partial charge in [0.2, 0.25) is 5.95 Å². The normalized spacial score (nSPS) is 13.6. The predicted octanol–water partition coefficient (Wildman–Crippen LogP) is 2.43. The van der Waals surface area contributed by atoms with Gasteiger partial charge in [-0.3, -0.25) is 4.57 Å². The quantitative estimate of drug-likeness (QED) is 0.747. The minimum absolute atomic E-state index is 0.344. The number of rotatable bonds is 1. The third kappa shape index (κ3) is 1.95. The van der Waals surface area contributed by atoms with E-state index in [0.29, 0.717) is 41.1 Å². The number of nitrogens with two attached hydrogens (primary N) is 1. The van der Waals surface area contributed by atoms with Crippen molar-refractivity contribution in [3.63, 3.8) is 0 Å². The van der Waals surface area contributed by atoms with E-state index in [4.69, 9.17) is 26.8 Å². The molecule has 0 saturated heterocycles. The molecular formula is C14H11ClN4O2. The first kappa shape index (κ1) is 12.3. The number of ether oxygens (including phenoxy) is 2. The highest BCUT2D eigenvalue weighted by molar-refractivity contribution is 6.31. The average molecular weight is 303 g/mol. The smallest absolute Gasteiger partial charge is 0.207 e. The van der Waals surface area contributed by atoms with Crippen LogP contribution in [0.15, 0.2) is 30.5 Å². The fourth-order valence-electron chi connectivity index (χ4n) is 2.38. The van der Waals surface area contributed by atoms with Gasteiger partial charge in [0.05, 0.1) is 10.7 Å². The van der Waals surface area contributed by atoms with Gasteiger partial charge in [-0.05, 0) is 18.2 Å². The van der Waals surface area contributed by atoms with Gasteiger partial charge < -0.3 is 15.2 Å². The van der Waals surface area contributed by atoms with E-state index in [2.05, 4.69) is 9.97 Å². The minimum Gasteiger partial charge on any atom is -0.486 e. The number of nitrogens with zero attached hydrogens (tertiary/aromatic N) is 3. The van der Waals surface area contributed by atoms with Crippen LogP contribution in [-0.4, -0.2) is 27.7 Å². The van der Waals surface area contributed by atoms with Crippen molar-refractivity contribution in [2.45, 2.75) is 0 Å². The van der Waals surface area contributed by atoms with Crippen molar-refractivity contribution in [3.05, 3.63) is 35.5 Å². The van der Waals surface area contributed by atoms with Gasteiger partial charge in [0.15, 0.2) is 17.1 Å². The van der Waals surface area contributed by atoms with Crippen LogP contribution in [0.2, 0.25) is 5.02 Å². The Hall–Kier alpha value is -2.47. The van der Waals surface area contributed by atoms with E-state index in [-0.39, 0.29) is 0 Å². The molecule has 3 heterocycles. The van der Waals surface area contributed by atoms with Crippen molar-refractivity contribution in [2.24, 2.45) is 0 Å². The summed E-state index contributed by atoms with van der Waals surface area (Å²) in [6, 6.07) is 7.34. The summed E-state index contributed by atoms with van der Waals surface area (Å²) < 4.78 is 12.9. The van der Waals surface area contributed by atoms with Crippen LogP contribution in [0.1, 0.15) is 0 Å². The first-order valence-electron chi connectivity index (χ1n) is 6.42. The van der Waals surface area contributed by atoms with E-state index in [1.807, 2.05) is 18.2 Å². The van der Waals surface area contributed by atoms with Crippen molar-refractivity contribution < 1.29 is 9.47 Å². The van der Waals surface area contributed by atoms with Gasteiger partial charge in [0.1, 0.15) is 18.7 Å². The number of imidazole rings is 1. The number of nitrogen functional groups attached to an aromatic ring is 1. The average Bonchev–Trinajstić information content (AvgIpc) is 2.81. The fourth-order valence-corrected chi connectivity index (χ4v) is 2.54. The van der Waals surface area contributed by atoms with Gasteiger partial charge in [-0.25, -0.2) is 9.97 Å². The Balaban J connectivity index is 1.92. The molecule has 0 radical (unpaired) electrons. The highest BCUT2D eigenvalue weighted by Gasteiger charge is 2.16. The van der Waals surface area contributed by atoms with Crippen molar-refractivity contribution in [2.75, 3.05) is 18.9 Å². The van der Waals surface area contributed by atoms with Crippen LogP contribution in [0.25, 0.3) is 16.9 Å². The Kier molecular flexibility index (Phi) is 2.65. The molecule has 4 rings (SSSR count). The van der Waals surface area contributed by atoms with Gasteiger partial charge in [-0.2, -0.15) is 0 Å². The topological polar surface area (TPSA) is 75.2 Å². The number of hydrogen-bond acceptors (Lipinski definition) is 5. The molecule has 6 nitrogen and oxygen atoms in total.